The molecule has 0 radical (unpaired) electrons. The van der Waals surface area contributed by atoms with Gasteiger partial charge in [-0.25, -0.2) is 0 Å². The molecule has 1 aromatic rings. The number of amides is 1. The first-order chi connectivity index (χ1) is 8.45. The molecular weight excluding hydrogens is 254 g/mol. The van der Waals surface area contributed by atoms with Gasteiger partial charge in [0.15, 0.2) is 0 Å². The summed E-state index contributed by atoms with van der Waals surface area (Å²) in [6.07, 6.45) is 0.318. The van der Waals surface area contributed by atoms with Crippen LogP contribution >= 0.6 is 11.6 Å². The van der Waals surface area contributed by atoms with E-state index in [0.717, 1.165) is 0 Å². The van der Waals surface area contributed by atoms with Crippen LogP contribution in [0.15, 0.2) is 24.3 Å². The maximum absolute atomic E-state index is 11.9. The van der Waals surface area contributed by atoms with Crippen LogP contribution in [-0.4, -0.2) is 23.5 Å². The van der Waals surface area contributed by atoms with Crippen LogP contribution in [0.5, 0.6) is 0 Å². The number of rotatable bonds is 5. The summed E-state index contributed by atoms with van der Waals surface area (Å²) < 4.78 is 0. The highest BCUT2D eigenvalue weighted by Crippen LogP contribution is 2.21. The van der Waals surface area contributed by atoms with Gasteiger partial charge in [0.2, 0.25) is 5.91 Å². The van der Waals surface area contributed by atoms with Gasteiger partial charge in [-0.05, 0) is 18.2 Å². The Balaban J connectivity index is 2.98. The van der Waals surface area contributed by atoms with Crippen molar-refractivity contribution in [3.05, 3.63) is 29.3 Å². The fourth-order valence-electron chi connectivity index (χ4n) is 1.54. The van der Waals surface area contributed by atoms with Crippen LogP contribution in [0, 0.1) is 5.92 Å². The van der Waals surface area contributed by atoms with E-state index in [0.29, 0.717) is 17.1 Å². The summed E-state index contributed by atoms with van der Waals surface area (Å²) in [6, 6.07) is 6.84. The zero-order chi connectivity index (χ0) is 13.7. The Hall–Kier alpha value is -1.55. The van der Waals surface area contributed by atoms with Crippen LogP contribution in [0.3, 0.4) is 0 Å². The van der Waals surface area contributed by atoms with E-state index in [9.17, 15) is 9.59 Å². The lowest BCUT2D eigenvalue weighted by atomic mass is 10.1. The molecule has 0 aliphatic heterocycles. The van der Waals surface area contributed by atoms with E-state index in [1.807, 2.05) is 0 Å². The third-order valence-electron chi connectivity index (χ3n) is 2.60. The van der Waals surface area contributed by atoms with Crippen LogP contribution in [0.25, 0.3) is 0 Å². The summed E-state index contributed by atoms with van der Waals surface area (Å²) in [5.41, 5.74) is 0.627. The van der Waals surface area contributed by atoms with E-state index in [4.69, 9.17) is 16.7 Å². The molecule has 1 unspecified atom stereocenters. The van der Waals surface area contributed by atoms with E-state index in [1.165, 1.54) is 4.90 Å². The zero-order valence-electron chi connectivity index (χ0n) is 10.4. The largest absolute Gasteiger partial charge is 0.481 e. The molecule has 0 aliphatic carbocycles. The van der Waals surface area contributed by atoms with Gasteiger partial charge in [-0.3, -0.25) is 9.59 Å². The van der Waals surface area contributed by atoms with Crippen molar-refractivity contribution in [2.75, 3.05) is 11.4 Å². The minimum absolute atomic E-state index is 0.120. The van der Waals surface area contributed by atoms with Gasteiger partial charge in [-0.1, -0.05) is 31.5 Å². The van der Waals surface area contributed by atoms with Crippen molar-refractivity contribution in [1.82, 2.24) is 0 Å². The van der Waals surface area contributed by atoms with Crippen molar-refractivity contribution in [2.24, 2.45) is 5.92 Å². The number of carboxylic acid groups (broad SMARTS) is 1. The first-order valence-corrected chi connectivity index (χ1v) is 6.12. The Morgan fingerprint density at radius 1 is 1.44 bits per heavy atom. The van der Waals surface area contributed by atoms with Gasteiger partial charge in [0, 0.05) is 23.7 Å². The van der Waals surface area contributed by atoms with Crippen molar-refractivity contribution in [1.29, 1.82) is 0 Å². The van der Waals surface area contributed by atoms with E-state index in [1.54, 1.807) is 38.1 Å². The third-order valence-corrected chi connectivity index (χ3v) is 2.84. The topological polar surface area (TPSA) is 57.6 Å². The van der Waals surface area contributed by atoms with Gasteiger partial charge in [0.1, 0.15) is 0 Å². The number of carboxylic acids is 1. The molecule has 18 heavy (non-hydrogen) atoms. The molecule has 0 bridgehead atoms. The van der Waals surface area contributed by atoms with Gasteiger partial charge in [0.25, 0.3) is 0 Å². The number of aliphatic carboxylic acids is 1. The number of anilines is 1. The third kappa shape index (κ3) is 3.74. The Kier molecular flexibility index (Phi) is 5.16. The smallest absolute Gasteiger partial charge is 0.308 e. The lowest BCUT2D eigenvalue weighted by molar-refractivity contribution is -0.140. The molecule has 0 saturated carbocycles. The Labute approximate surface area is 111 Å². The van der Waals surface area contributed by atoms with Crippen molar-refractivity contribution in [2.45, 2.75) is 20.3 Å². The number of benzene rings is 1. The molecule has 1 amide bonds. The fourth-order valence-corrected chi connectivity index (χ4v) is 1.72. The second kappa shape index (κ2) is 6.40. The van der Waals surface area contributed by atoms with E-state index in [2.05, 4.69) is 0 Å². The molecule has 98 valence electrons. The quantitative estimate of drug-likeness (QED) is 0.894. The Morgan fingerprint density at radius 2 is 2.11 bits per heavy atom. The summed E-state index contributed by atoms with van der Waals surface area (Å²) >= 11 is 5.88. The minimum atomic E-state index is -0.925. The summed E-state index contributed by atoms with van der Waals surface area (Å²) in [5, 5.41) is 9.44. The van der Waals surface area contributed by atoms with Gasteiger partial charge in [0.05, 0.1) is 5.92 Å². The van der Waals surface area contributed by atoms with Gasteiger partial charge < -0.3 is 10.0 Å². The van der Waals surface area contributed by atoms with Crippen molar-refractivity contribution < 1.29 is 14.7 Å². The normalized spacial score (nSPS) is 11.9. The monoisotopic (exact) mass is 269 g/mol. The summed E-state index contributed by atoms with van der Waals surface area (Å²) in [6.45, 7) is 3.45. The van der Waals surface area contributed by atoms with E-state index >= 15 is 0 Å². The van der Waals surface area contributed by atoms with Gasteiger partial charge >= 0.3 is 5.97 Å². The molecule has 0 saturated heterocycles. The van der Waals surface area contributed by atoms with Gasteiger partial charge in [-0.15, -0.1) is 0 Å². The Morgan fingerprint density at radius 3 is 2.61 bits per heavy atom. The molecule has 0 spiro atoms. The number of carbonyl (C=O) groups is 2. The average Bonchev–Trinajstić information content (AvgIpc) is 2.34. The maximum atomic E-state index is 11.9. The highest BCUT2D eigenvalue weighted by Gasteiger charge is 2.21. The molecule has 1 rings (SSSR count). The summed E-state index contributed by atoms with van der Waals surface area (Å²) in [7, 11) is 0. The zero-order valence-corrected chi connectivity index (χ0v) is 11.1. The molecular formula is C13H16ClNO3. The predicted octanol–water partition coefficient (Wildman–Crippen LogP) is 2.80. The van der Waals surface area contributed by atoms with Crippen molar-refractivity contribution >= 4 is 29.2 Å². The summed E-state index contributed by atoms with van der Waals surface area (Å²) in [4.78, 5) is 24.2. The second-order valence-corrected chi connectivity index (χ2v) is 4.51. The molecule has 0 aliphatic rings. The van der Waals surface area contributed by atoms with Gasteiger partial charge in [-0.2, -0.15) is 0 Å². The molecule has 1 N–H and O–H groups in total. The van der Waals surface area contributed by atoms with Crippen LogP contribution in [-0.2, 0) is 9.59 Å². The summed E-state index contributed by atoms with van der Waals surface area (Å²) in [5.74, 6) is -1.67. The number of carbonyl (C=O) groups excluding carboxylic acids is 1. The van der Waals surface area contributed by atoms with Crippen LogP contribution in [0.4, 0.5) is 5.69 Å². The molecule has 5 heteroatoms. The molecule has 1 aromatic carbocycles. The first-order valence-electron chi connectivity index (χ1n) is 5.74. The molecule has 4 nitrogen and oxygen atoms in total. The highest BCUT2D eigenvalue weighted by atomic mass is 35.5. The van der Waals surface area contributed by atoms with Crippen molar-refractivity contribution in [3.63, 3.8) is 0 Å². The SMILES string of the molecule is CCC(=O)N(CC(C)C(=O)O)c1cccc(Cl)c1. The molecule has 0 fully saturated rings. The van der Waals surface area contributed by atoms with Crippen molar-refractivity contribution in [3.8, 4) is 0 Å². The molecule has 1 atom stereocenters. The van der Waals surface area contributed by atoms with Crippen LogP contribution in [0.1, 0.15) is 20.3 Å². The number of nitrogens with zero attached hydrogens (tertiary/aromatic N) is 1. The molecule has 0 heterocycles. The fraction of sp³-hybridized carbons (Fsp3) is 0.385. The minimum Gasteiger partial charge on any atom is -0.481 e. The highest BCUT2D eigenvalue weighted by molar-refractivity contribution is 6.30. The Bertz CT molecular complexity index is 448. The van der Waals surface area contributed by atoms with Crippen LogP contribution < -0.4 is 4.90 Å². The molecule has 0 aromatic heterocycles. The lowest BCUT2D eigenvalue weighted by Crippen LogP contribution is -2.36. The first kappa shape index (κ1) is 14.5. The standard InChI is InChI=1S/C13H16ClNO3/c1-3-12(16)15(8-9(2)13(17)18)11-6-4-5-10(14)7-11/h4-7,9H,3,8H2,1-2H3,(H,17,18). The average molecular weight is 270 g/mol. The second-order valence-electron chi connectivity index (χ2n) is 4.08. The number of hydrogen-bond acceptors (Lipinski definition) is 2. The maximum Gasteiger partial charge on any atom is 0.308 e. The van der Waals surface area contributed by atoms with Crippen LogP contribution in [0.2, 0.25) is 5.02 Å². The van der Waals surface area contributed by atoms with E-state index in [-0.39, 0.29) is 12.5 Å². The predicted molar refractivity (Wildman–Crippen MR) is 70.9 cm³/mol. The lowest BCUT2D eigenvalue weighted by Gasteiger charge is -2.24. The van der Waals surface area contributed by atoms with E-state index < -0.39 is 11.9 Å². The number of halogens is 1. The number of hydrogen-bond donors (Lipinski definition) is 1.